The van der Waals surface area contributed by atoms with E-state index in [9.17, 15) is 9.59 Å². The first-order valence-electron chi connectivity index (χ1n) is 9.47. The van der Waals surface area contributed by atoms with Gasteiger partial charge in [-0.15, -0.1) is 0 Å². The lowest BCUT2D eigenvalue weighted by Gasteiger charge is -2.27. The number of nitrogens with zero attached hydrogens (tertiary/aromatic N) is 2. The van der Waals surface area contributed by atoms with E-state index < -0.39 is 0 Å². The van der Waals surface area contributed by atoms with E-state index in [2.05, 4.69) is 10.3 Å². The largest absolute Gasteiger partial charge is 0.398 e. The number of unbranched alkanes of at least 4 members (excludes halogenated alkanes) is 1. The number of rotatable bonds is 6. The van der Waals surface area contributed by atoms with Crippen LogP contribution in [0.3, 0.4) is 0 Å². The van der Waals surface area contributed by atoms with Gasteiger partial charge in [-0.05, 0) is 36.2 Å². The van der Waals surface area contributed by atoms with Crippen molar-refractivity contribution in [3.05, 3.63) is 65.2 Å². The van der Waals surface area contributed by atoms with Gasteiger partial charge in [0.1, 0.15) is 5.82 Å². The first-order chi connectivity index (χ1) is 13.6. The number of nitrogen functional groups attached to an aromatic ring is 1. The number of hydrogen-bond acceptors (Lipinski definition) is 5. The second-order valence-electron chi connectivity index (χ2n) is 6.92. The molecule has 0 atom stereocenters. The van der Waals surface area contributed by atoms with Crippen LogP contribution in [0.5, 0.6) is 0 Å². The molecule has 0 aliphatic carbocycles. The number of para-hydroxylation sites is 1. The molecule has 6 heteroatoms. The quantitative estimate of drug-likeness (QED) is 0.506. The molecule has 0 saturated heterocycles. The van der Waals surface area contributed by atoms with Crippen LogP contribution in [0.2, 0.25) is 0 Å². The maximum absolute atomic E-state index is 13.0. The number of amides is 2. The molecule has 28 heavy (non-hydrogen) atoms. The Kier molecular flexibility index (Phi) is 4.69. The van der Waals surface area contributed by atoms with Crippen molar-refractivity contribution in [2.45, 2.75) is 26.3 Å². The maximum atomic E-state index is 13.0. The topological polar surface area (TPSA) is 88.3 Å². The van der Waals surface area contributed by atoms with Crippen LogP contribution >= 0.6 is 0 Å². The zero-order valence-corrected chi connectivity index (χ0v) is 15.7. The molecule has 2 aromatic carbocycles. The first kappa shape index (κ1) is 18.0. The number of anilines is 2. The molecular weight excluding hydrogens is 352 g/mol. The van der Waals surface area contributed by atoms with E-state index in [4.69, 9.17) is 5.73 Å². The van der Waals surface area contributed by atoms with E-state index >= 15 is 0 Å². The maximum Gasteiger partial charge on any atom is 0.261 e. The van der Waals surface area contributed by atoms with Gasteiger partial charge in [-0.2, -0.15) is 0 Å². The summed E-state index contributed by atoms with van der Waals surface area (Å²) in [6, 6.07) is 14.7. The van der Waals surface area contributed by atoms with Crippen molar-refractivity contribution >= 4 is 34.2 Å². The molecule has 0 bridgehead atoms. The molecule has 3 aromatic rings. The Bertz CT molecular complexity index is 1080. The third-order valence-electron chi connectivity index (χ3n) is 5.04. The highest BCUT2D eigenvalue weighted by Crippen LogP contribution is 2.31. The number of aromatic nitrogens is 1. The third-order valence-corrected chi connectivity index (χ3v) is 5.04. The van der Waals surface area contributed by atoms with Gasteiger partial charge in [0.05, 0.1) is 16.6 Å². The summed E-state index contributed by atoms with van der Waals surface area (Å²) in [5.74, 6) is 0.0870. The summed E-state index contributed by atoms with van der Waals surface area (Å²) in [6.07, 6.45) is 1.70. The van der Waals surface area contributed by atoms with Crippen molar-refractivity contribution in [3.8, 4) is 0 Å². The Labute approximate surface area is 163 Å². The summed E-state index contributed by atoms with van der Waals surface area (Å²) >= 11 is 0. The average molecular weight is 374 g/mol. The van der Waals surface area contributed by atoms with Crippen LogP contribution in [0.25, 0.3) is 10.9 Å². The van der Waals surface area contributed by atoms with Crippen molar-refractivity contribution in [1.82, 2.24) is 9.88 Å². The molecule has 2 amide bonds. The summed E-state index contributed by atoms with van der Waals surface area (Å²) < 4.78 is 0. The van der Waals surface area contributed by atoms with E-state index in [0.717, 1.165) is 18.4 Å². The fourth-order valence-electron chi connectivity index (χ4n) is 3.51. The lowest BCUT2D eigenvalue weighted by atomic mass is 9.96. The van der Waals surface area contributed by atoms with Gasteiger partial charge in [0.25, 0.3) is 11.8 Å². The van der Waals surface area contributed by atoms with Gasteiger partial charge in [0.15, 0.2) is 0 Å². The highest BCUT2D eigenvalue weighted by atomic mass is 16.2. The van der Waals surface area contributed by atoms with Gasteiger partial charge in [-0.1, -0.05) is 37.6 Å². The normalized spacial score (nSPS) is 13.2. The zero-order valence-electron chi connectivity index (χ0n) is 15.7. The molecule has 0 radical (unpaired) electrons. The monoisotopic (exact) mass is 374 g/mol. The molecule has 0 saturated carbocycles. The Hall–Kier alpha value is -3.41. The van der Waals surface area contributed by atoms with Gasteiger partial charge in [-0.25, -0.2) is 4.98 Å². The van der Waals surface area contributed by atoms with E-state index in [1.807, 2.05) is 37.3 Å². The van der Waals surface area contributed by atoms with Crippen LogP contribution in [-0.4, -0.2) is 28.2 Å². The fourth-order valence-corrected chi connectivity index (χ4v) is 3.51. The van der Waals surface area contributed by atoms with Crippen LogP contribution in [0.1, 0.15) is 46.0 Å². The Morgan fingerprint density at radius 1 is 1.04 bits per heavy atom. The number of carbonyl (C=O) groups excluding carboxylic acids is 2. The van der Waals surface area contributed by atoms with E-state index in [0.29, 0.717) is 46.6 Å². The predicted molar refractivity (Wildman–Crippen MR) is 110 cm³/mol. The van der Waals surface area contributed by atoms with Crippen LogP contribution in [0.4, 0.5) is 11.5 Å². The second kappa shape index (κ2) is 7.31. The summed E-state index contributed by atoms with van der Waals surface area (Å²) in [5.41, 5.74) is 9.35. The number of nitrogens with two attached hydrogens (primary N) is 1. The summed E-state index contributed by atoms with van der Waals surface area (Å²) in [5, 5.41) is 3.89. The van der Waals surface area contributed by atoms with E-state index in [-0.39, 0.29) is 11.8 Å². The van der Waals surface area contributed by atoms with Crippen molar-refractivity contribution < 1.29 is 9.59 Å². The zero-order chi connectivity index (χ0) is 19.7. The number of benzene rings is 2. The Morgan fingerprint density at radius 3 is 2.61 bits per heavy atom. The molecule has 0 fully saturated rings. The molecule has 1 aliphatic heterocycles. The molecular formula is C22H22N4O2. The first-order valence-corrected chi connectivity index (χ1v) is 9.47. The minimum Gasteiger partial charge on any atom is -0.398 e. The number of carbonyl (C=O) groups is 2. The number of nitrogens with one attached hydrogen (secondary N) is 1. The van der Waals surface area contributed by atoms with Gasteiger partial charge in [-0.3, -0.25) is 14.5 Å². The van der Waals surface area contributed by atoms with Crippen LogP contribution < -0.4 is 11.1 Å². The van der Waals surface area contributed by atoms with Crippen LogP contribution in [-0.2, 0) is 6.54 Å². The summed E-state index contributed by atoms with van der Waals surface area (Å²) in [6.45, 7) is 2.96. The lowest BCUT2D eigenvalue weighted by Crippen LogP contribution is -2.41. The minimum atomic E-state index is -0.258. The highest BCUT2D eigenvalue weighted by Gasteiger charge is 2.33. The fraction of sp³-hybridized carbons (Fsp3) is 0.227. The van der Waals surface area contributed by atoms with Crippen LogP contribution in [0.15, 0.2) is 48.5 Å². The molecule has 0 spiro atoms. The smallest absolute Gasteiger partial charge is 0.261 e. The number of imide groups is 1. The third kappa shape index (κ3) is 3.07. The van der Waals surface area contributed by atoms with Crippen molar-refractivity contribution in [2.24, 2.45) is 0 Å². The summed E-state index contributed by atoms with van der Waals surface area (Å²) in [7, 11) is 0. The summed E-state index contributed by atoms with van der Waals surface area (Å²) in [4.78, 5) is 31.8. The Morgan fingerprint density at radius 2 is 1.82 bits per heavy atom. The average Bonchev–Trinajstić information content (AvgIpc) is 2.71. The SMILES string of the molecule is CCCCN1C(=O)c2cccc3nc(NCc4ccccc4N)cc(c23)C1=O. The van der Waals surface area contributed by atoms with E-state index in [1.54, 1.807) is 18.2 Å². The Balaban J connectivity index is 1.72. The molecule has 1 aromatic heterocycles. The molecule has 142 valence electrons. The molecule has 3 N–H and O–H groups in total. The number of hydrogen-bond donors (Lipinski definition) is 2. The molecule has 2 heterocycles. The van der Waals surface area contributed by atoms with Crippen molar-refractivity contribution in [3.63, 3.8) is 0 Å². The lowest BCUT2D eigenvalue weighted by molar-refractivity contribution is 0.0608. The highest BCUT2D eigenvalue weighted by molar-refractivity contribution is 6.25. The predicted octanol–water partition coefficient (Wildman–Crippen LogP) is 3.83. The second-order valence-corrected chi connectivity index (χ2v) is 6.92. The minimum absolute atomic E-state index is 0.240. The molecule has 4 rings (SSSR count). The molecule has 6 nitrogen and oxygen atoms in total. The van der Waals surface area contributed by atoms with Gasteiger partial charge >= 0.3 is 0 Å². The van der Waals surface area contributed by atoms with Crippen molar-refractivity contribution in [1.29, 1.82) is 0 Å². The van der Waals surface area contributed by atoms with Gasteiger partial charge in [0, 0.05) is 24.2 Å². The van der Waals surface area contributed by atoms with Crippen LogP contribution in [0, 0.1) is 0 Å². The standard InChI is InChI=1S/C22H22N4O2/c1-2-3-11-26-21(27)15-8-6-10-18-20(15)16(22(26)28)12-19(25-18)24-13-14-7-4-5-9-17(14)23/h4-10,12H,2-3,11,13,23H2,1H3,(H,24,25). The van der Waals surface area contributed by atoms with E-state index in [1.165, 1.54) is 4.90 Å². The number of pyridine rings is 1. The van der Waals surface area contributed by atoms with Gasteiger partial charge in [0.2, 0.25) is 0 Å². The molecule has 1 aliphatic rings. The molecule has 0 unspecified atom stereocenters. The van der Waals surface area contributed by atoms with Gasteiger partial charge < -0.3 is 11.1 Å². The van der Waals surface area contributed by atoms with Crippen molar-refractivity contribution in [2.75, 3.05) is 17.6 Å².